The smallest absolute Gasteiger partial charge is 0.142 e. The quantitative estimate of drug-likeness (QED) is 0.744. The molecule has 0 saturated heterocycles. The van der Waals surface area contributed by atoms with Crippen LogP contribution in [0.3, 0.4) is 0 Å². The summed E-state index contributed by atoms with van der Waals surface area (Å²) in [6, 6.07) is 4.24. The van der Waals surface area contributed by atoms with Crippen molar-refractivity contribution in [1.29, 1.82) is 0 Å². The standard InChI is InChI=1S/C12H14N2O/c1-15-10-5-3-8-9(13)4-2-7-6-14-12(10)11(7)8/h3,5-6,9,14H,2,4,13H2,1H3. The topological polar surface area (TPSA) is 51.0 Å². The fraction of sp³-hybridized carbons (Fsp3) is 0.333. The van der Waals surface area contributed by atoms with Crippen molar-refractivity contribution in [3.63, 3.8) is 0 Å². The van der Waals surface area contributed by atoms with Crippen molar-refractivity contribution < 1.29 is 4.74 Å². The van der Waals surface area contributed by atoms with Gasteiger partial charge in [-0.1, -0.05) is 6.07 Å². The lowest BCUT2D eigenvalue weighted by atomic mass is 9.89. The van der Waals surface area contributed by atoms with Gasteiger partial charge in [0.25, 0.3) is 0 Å². The molecular formula is C12H14N2O. The van der Waals surface area contributed by atoms with Crippen LogP contribution >= 0.6 is 0 Å². The number of aromatic amines is 1. The van der Waals surface area contributed by atoms with Gasteiger partial charge in [-0.05, 0) is 30.0 Å². The van der Waals surface area contributed by atoms with E-state index in [1.807, 2.05) is 6.07 Å². The first kappa shape index (κ1) is 8.80. The number of H-pyrrole nitrogens is 1. The number of aryl methyl sites for hydroxylation is 1. The van der Waals surface area contributed by atoms with E-state index in [4.69, 9.17) is 10.5 Å². The summed E-state index contributed by atoms with van der Waals surface area (Å²) in [6.45, 7) is 0. The van der Waals surface area contributed by atoms with Gasteiger partial charge in [0, 0.05) is 17.6 Å². The zero-order chi connectivity index (χ0) is 10.4. The number of methoxy groups -OCH3 is 1. The van der Waals surface area contributed by atoms with Crippen molar-refractivity contribution in [2.75, 3.05) is 7.11 Å². The predicted octanol–water partition coefficient (Wildman–Crippen LogP) is 2.12. The zero-order valence-electron chi connectivity index (χ0n) is 8.71. The van der Waals surface area contributed by atoms with Gasteiger partial charge in [-0.25, -0.2) is 0 Å². The van der Waals surface area contributed by atoms with E-state index in [0.29, 0.717) is 0 Å². The number of aromatic nitrogens is 1. The number of ether oxygens (including phenoxy) is 1. The van der Waals surface area contributed by atoms with Gasteiger partial charge in [0.1, 0.15) is 5.75 Å². The molecule has 0 bridgehead atoms. The molecule has 0 radical (unpaired) electrons. The molecule has 1 unspecified atom stereocenters. The first-order valence-electron chi connectivity index (χ1n) is 5.23. The van der Waals surface area contributed by atoms with E-state index in [2.05, 4.69) is 17.2 Å². The molecule has 0 amide bonds. The lowest BCUT2D eigenvalue weighted by molar-refractivity contribution is 0.418. The number of hydrogen-bond acceptors (Lipinski definition) is 2. The first-order chi connectivity index (χ1) is 7.31. The maximum absolute atomic E-state index is 6.10. The summed E-state index contributed by atoms with van der Waals surface area (Å²) in [5.74, 6) is 0.897. The Hall–Kier alpha value is -1.48. The van der Waals surface area contributed by atoms with Crippen molar-refractivity contribution in [2.24, 2.45) is 5.73 Å². The number of nitrogens with one attached hydrogen (secondary N) is 1. The molecule has 0 saturated carbocycles. The summed E-state index contributed by atoms with van der Waals surface area (Å²) in [6.07, 6.45) is 4.16. The van der Waals surface area contributed by atoms with E-state index in [0.717, 1.165) is 24.1 Å². The van der Waals surface area contributed by atoms with Gasteiger partial charge in [0.2, 0.25) is 0 Å². The van der Waals surface area contributed by atoms with Crippen LogP contribution in [0, 0.1) is 0 Å². The minimum atomic E-state index is 0.168. The Labute approximate surface area is 88.2 Å². The molecule has 78 valence electrons. The summed E-state index contributed by atoms with van der Waals surface area (Å²) >= 11 is 0. The van der Waals surface area contributed by atoms with E-state index in [1.54, 1.807) is 7.11 Å². The van der Waals surface area contributed by atoms with Crippen LogP contribution in [-0.4, -0.2) is 12.1 Å². The molecule has 3 N–H and O–H groups in total. The van der Waals surface area contributed by atoms with Crippen molar-refractivity contribution >= 4 is 10.9 Å². The van der Waals surface area contributed by atoms with Crippen molar-refractivity contribution in [3.8, 4) is 5.75 Å². The predicted molar refractivity (Wildman–Crippen MR) is 60.1 cm³/mol. The van der Waals surface area contributed by atoms with Crippen LogP contribution in [0.5, 0.6) is 5.75 Å². The molecule has 0 spiro atoms. The van der Waals surface area contributed by atoms with E-state index in [1.165, 1.54) is 16.5 Å². The van der Waals surface area contributed by atoms with Crippen LogP contribution in [-0.2, 0) is 6.42 Å². The first-order valence-corrected chi connectivity index (χ1v) is 5.23. The van der Waals surface area contributed by atoms with Crippen molar-refractivity contribution in [2.45, 2.75) is 18.9 Å². The third-order valence-electron chi connectivity index (χ3n) is 3.26. The third-order valence-corrected chi connectivity index (χ3v) is 3.26. The average Bonchev–Trinajstić information content (AvgIpc) is 2.69. The highest BCUT2D eigenvalue weighted by molar-refractivity contribution is 5.92. The highest BCUT2D eigenvalue weighted by Gasteiger charge is 2.21. The molecule has 1 heterocycles. The summed E-state index contributed by atoms with van der Waals surface area (Å²) in [7, 11) is 1.70. The summed E-state index contributed by atoms with van der Waals surface area (Å²) in [4.78, 5) is 3.28. The van der Waals surface area contributed by atoms with Crippen LogP contribution in [0.4, 0.5) is 0 Å². The van der Waals surface area contributed by atoms with Crippen LogP contribution in [0.1, 0.15) is 23.6 Å². The van der Waals surface area contributed by atoms with E-state index >= 15 is 0 Å². The maximum atomic E-state index is 6.10. The minimum absolute atomic E-state index is 0.168. The highest BCUT2D eigenvalue weighted by atomic mass is 16.5. The Balaban J connectivity index is 2.39. The second-order valence-corrected chi connectivity index (χ2v) is 4.07. The Morgan fingerprint density at radius 3 is 3.13 bits per heavy atom. The number of benzene rings is 1. The summed E-state index contributed by atoms with van der Waals surface area (Å²) < 4.78 is 5.33. The largest absolute Gasteiger partial charge is 0.495 e. The molecule has 1 aliphatic rings. The van der Waals surface area contributed by atoms with Gasteiger partial charge in [0.15, 0.2) is 0 Å². The monoisotopic (exact) mass is 202 g/mol. The Morgan fingerprint density at radius 2 is 2.33 bits per heavy atom. The van der Waals surface area contributed by atoms with Crippen molar-refractivity contribution in [3.05, 3.63) is 29.5 Å². The third kappa shape index (κ3) is 1.10. The Bertz CT molecular complexity index is 516. The molecule has 15 heavy (non-hydrogen) atoms. The fourth-order valence-corrected chi connectivity index (χ4v) is 2.46. The Morgan fingerprint density at radius 1 is 1.47 bits per heavy atom. The Kier molecular flexibility index (Phi) is 1.76. The molecule has 1 atom stereocenters. The highest BCUT2D eigenvalue weighted by Crippen LogP contribution is 2.37. The zero-order valence-corrected chi connectivity index (χ0v) is 8.71. The molecule has 2 aromatic rings. The van der Waals surface area contributed by atoms with Gasteiger partial charge in [-0.15, -0.1) is 0 Å². The van der Waals surface area contributed by atoms with Crippen LogP contribution in [0.15, 0.2) is 18.3 Å². The fourth-order valence-electron chi connectivity index (χ4n) is 2.46. The SMILES string of the molecule is COc1ccc2c3c(c[nH]c13)CCC2N. The normalized spacial score (nSPS) is 19.5. The number of hydrogen-bond donors (Lipinski definition) is 2. The second-order valence-electron chi connectivity index (χ2n) is 4.07. The van der Waals surface area contributed by atoms with Gasteiger partial charge in [-0.3, -0.25) is 0 Å². The summed E-state index contributed by atoms with van der Waals surface area (Å²) in [5, 5.41) is 1.27. The molecule has 1 aliphatic carbocycles. The summed E-state index contributed by atoms with van der Waals surface area (Å²) in [5.41, 5.74) is 9.79. The molecule has 1 aromatic heterocycles. The van der Waals surface area contributed by atoms with Crippen LogP contribution < -0.4 is 10.5 Å². The van der Waals surface area contributed by atoms with E-state index in [-0.39, 0.29) is 6.04 Å². The molecule has 0 fully saturated rings. The second kappa shape index (κ2) is 3.00. The molecule has 3 heteroatoms. The van der Waals surface area contributed by atoms with Gasteiger partial charge >= 0.3 is 0 Å². The van der Waals surface area contributed by atoms with E-state index < -0.39 is 0 Å². The van der Waals surface area contributed by atoms with Gasteiger partial charge in [-0.2, -0.15) is 0 Å². The van der Waals surface area contributed by atoms with Crippen molar-refractivity contribution in [1.82, 2.24) is 4.98 Å². The van der Waals surface area contributed by atoms with Gasteiger partial charge < -0.3 is 15.5 Å². The molecule has 3 rings (SSSR count). The minimum Gasteiger partial charge on any atom is -0.495 e. The maximum Gasteiger partial charge on any atom is 0.142 e. The molecule has 0 aliphatic heterocycles. The van der Waals surface area contributed by atoms with Crippen LogP contribution in [0.25, 0.3) is 10.9 Å². The average molecular weight is 202 g/mol. The lowest BCUT2D eigenvalue weighted by Crippen LogP contribution is -2.15. The van der Waals surface area contributed by atoms with Gasteiger partial charge in [0.05, 0.1) is 12.6 Å². The van der Waals surface area contributed by atoms with Crippen LogP contribution in [0.2, 0.25) is 0 Å². The van der Waals surface area contributed by atoms with E-state index in [9.17, 15) is 0 Å². The molecule has 3 nitrogen and oxygen atoms in total. The molecular weight excluding hydrogens is 188 g/mol. The number of nitrogens with two attached hydrogens (primary N) is 1. The molecule has 1 aromatic carbocycles. The number of rotatable bonds is 1. The lowest BCUT2D eigenvalue weighted by Gasteiger charge is -2.19.